The third-order valence-corrected chi connectivity index (χ3v) is 5.15. The van der Waals surface area contributed by atoms with E-state index in [0.717, 1.165) is 16.0 Å². The monoisotopic (exact) mass is 419 g/mol. The van der Waals surface area contributed by atoms with Crippen LogP contribution < -0.4 is 5.32 Å². The summed E-state index contributed by atoms with van der Waals surface area (Å²) in [7, 11) is 0. The maximum atomic E-state index is 4.07. The summed E-state index contributed by atoms with van der Waals surface area (Å²) in [6.45, 7) is 0.710. The van der Waals surface area contributed by atoms with Crippen molar-refractivity contribution in [3.63, 3.8) is 0 Å². The number of nitrogens with one attached hydrogen (secondary N) is 1. The van der Waals surface area contributed by atoms with Crippen molar-refractivity contribution in [3.05, 3.63) is 32.1 Å². The van der Waals surface area contributed by atoms with Gasteiger partial charge in [-0.15, -0.1) is 5.10 Å². The zero-order valence-electron chi connectivity index (χ0n) is 9.48. The van der Waals surface area contributed by atoms with E-state index in [0.29, 0.717) is 12.6 Å². The van der Waals surface area contributed by atoms with Gasteiger partial charge in [0.05, 0.1) is 12.2 Å². The number of benzene rings is 1. The van der Waals surface area contributed by atoms with Gasteiger partial charge in [-0.1, -0.05) is 0 Å². The molecular formula is C11H11BrIN5. The van der Waals surface area contributed by atoms with Crippen LogP contribution >= 0.6 is 38.5 Å². The van der Waals surface area contributed by atoms with Crippen LogP contribution in [0.25, 0.3) is 5.69 Å². The molecule has 0 atom stereocenters. The Kier molecular flexibility index (Phi) is 3.62. The quantitative estimate of drug-likeness (QED) is 0.772. The summed E-state index contributed by atoms with van der Waals surface area (Å²) in [4.78, 5) is 0. The van der Waals surface area contributed by atoms with E-state index in [4.69, 9.17) is 0 Å². The molecule has 1 aliphatic rings. The summed E-state index contributed by atoms with van der Waals surface area (Å²) in [5.41, 5.74) is 0.972. The molecule has 7 heteroatoms. The first-order chi connectivity index (χ1) is 8.74. The Morgan fingerprint density at radius 1 is 1.44 bits per heavy atom. The van der Waals surface area contributed by atoms with Gasteiger partial charge in [-0.25, -0.2) is 0 Å². The molecular weight excluding hydrogens is 409 g/mol. The van der Waals surface area contributed by atoms with E-state index in [1.165, 1.54) is 16.4 Å². The lowest BCUT2D eigenvalue weighted by Crippen LogP contribution is -2.18. The second-order valence-electron chi connectivity index (χ2n) is 4.26. The maximum Gasteiger partial charge on any atom is 0.170 e. The molecule has 0 spiro atoms. The maximum absolute atomic E-state index is 4.07. The number of aromatic nitrogens is 4. The third-order valence-electron chi connectivity index (χ3n) is 2.81. The molecule has 1 aromatic heterocycles. The Morgan fingerprint density at radius 2 is 2.28 bits per heavy atom. The molecule has 0 unspecified atom stereocenters. The smallest absolute Gasteiger partial charge is 0.170 e. The van der Waals surface area contributed by atoms with Crippen LogP contribution in [0.5, 0.6) is 0 Å². The lowest BCUT2D eigenvalue weighted by atomic mass is 10.3. The van der Waals surface area contributed by atoms with Crippen molar-refractivity contribution in [3.8, 4) is 5.69 Å². The first-order valence-electron chi connectivity index (χ1n) is 5.70. The van der Waals surface area contributed by atoms with Crippen LogP contribution in [0.3, 0.4) is 0 Å². The molecule has 18 heavy (non-hydrogen) atoms. The van der Waals surface area contributed by atoms with E-state index in [-0.39, 0.29) is 0 Å². The van der Waals surface area contributed by atoms with Crippen LogP contribution in [0.4, 0.5) is 0 Å². The van der Waals surface area contributed by atoms with Crippen molar-refractivity contribution in [1.29, 1.82) is 0 Å². The Labute approximate surface area is 127 Å². The van der Waals surface area contributed by atoms with Gasteiger partial charge < -0.3 is 5.32 Å². The Hall–Kier alpha value is -0.540. The predicted molar refractivity (Wildman–Crippen MR) is 79.4 cm³/mol. The molecule has 0 amide bonds. The van der Waals surface area contributed by atoms with Gasteiger partial charge in [0.2, 0.25) is 0 Å². The summed E-state index contributed by atoms with van der Waals surface area (Å²) < 4.78 is 4.00. The van der Waals surface area contributed by atoms with Crippen molar-refractivity contribution >= 4 is 38.5 Å². The van der Waals surface area contributed by atoms with E-state index in [1.54, 1.807) is 4.68 Å². The zero-order chi connectivity index (χ0) is 12.5. The Balaban J connectivity index is 1.85. The molecule has 3 rings (SSSR count). The molecule has 0 radical (unpaired) electrons. The highest BCUT2D eigenvalue weighted by Gasteiger charge is 2.21. The standard InChI is InChI=1S/C11H11BrIN5/c12-9-5-8(3-4-10(9)13)18-11(15-16-17-18)6-14-7-1-2-7/h3-5,7,14H,1-2,6H2. The number of nitrogens with zero attached hydrogens (tertiary/aromatic N) is 4. The van der Waals surface area contributed by atoms with Crippen LogP contribution in [0.2, 0.25) is 0 Å². The number of hydrogen-bond donors (Lipinski definition) is 1. The second kappa shape index (κ2) is 5.22. The predicted octanol–water partition coefficient (Wildman–Crippen LogP) is 2.28. The Bertz CT molecular complexity index is 566. The van der Waals surface area contributed by atoms with Crippen LogP contribution in [0.1, 0.15) is 18.7 Å². The van der Waals surface area contributed by atoms with E-state index < -0.39 is 0 Å². The summed E-state index contributed by atoms with van der Waals surface area (Å²) in [6, 6.07) is 6.74. The molecule has 2 aromatic rings. The minimum absolute atomic E-state index is 0.651. The van der Waals surface area contributed by atoms with Crippen molar-refractivity contribution in [2.24, 2.45) is 0 Å². The Morgan fingerprint density at radius 3 is 3.00 bits per heavy atom. The molecule has 1 fully saturated rings. The lowest BCUT2D eigenvalue weighted by Gasteiger charge is -2.06. The van der Waals surface area contributed by atoms with Crippen molar-refractivity contribution in [2.75, 3.05) is 0 Å². The lowest BCUT2D eigenvalue weighted by molar-refractivity contribution is 0.637. The number of hydrogen-bond acceptors (Lipinski definition) is 4. The molecule has 1 N–H and O–H groups in total. The first-order valence-corrected chi connectivity index (χ1v) is 7.57. The van der Waals surface area contributed by atoms with Crippen molar-refractivity contribution in [1.82, 2.24) is 25.5 Å². The van der Waals surface area contributed by atoms with Gasteiger partial charge in [0, 0.05) is 14.1 Å². The van der Waals surface area contributed by atoms with Gasteiger partial charge >= 0.3 is 0 Å². The van der Waals surface area contributed by atoms with Gasteiger partial charge in [-0.3, -0.25) is 0 Å². The average molecular weight is 420 g/mol. The number of tetrazole rings is 1. The fourth-order valence-corrected chi connectivity index (χ4v) is 2.36. The van der Waals surface area contributed by atoms with Crippen molar-refractivity contribution in [2.45, 2.75) is 25.4 Å². The SMILES string of the molecule is Brc1cc(-n2nnnc2CNC2CC2)ccc1I. The summed E-state index contributed by atoms with van der Waals surface area (Å²) in [5, 5.41) is 15.3. The molecule has 0 saturated heterocycles. The average Bonchev–Trinajstić information content (AvgIpc) is 3.08. The first kappa shape index (κ1) is 12.5. The molecule has 1 saturated carbocycles. The van der Waals surface area contributed by atoms with E-state index in [2.05, 4.69) is 59.4 Å². The largest absolute Gasteiger partial charge is 0.307 e. The third kappa shape index (κ3) is 2.72. The highest BCUT2D eigenvalue weighted by molar-refractivity contribution is 14.1. The van der Waals surface area contributed by atoms with Crippen LogP contribution in [-0.4, -0.2) is 26.2 Å². The van der Waals surface area contributed by atoms with E-state index in [1.807, 2.05) is 18.2 Å². The van der Waals surface area contributed by atoms with Gasteiger partial charge in [0.1, 0.15) is 0 Å². The fraction of sp³-hybridized carbons (Fsp3) is 0.364. The number of halogens is 2. The molecule has 1 aliphatic carbocycles. The van der Waals surface area contributed by atoms with E-state index in [9.17, 15) is 0 Å². The van der Waals surface area contributed by atoms with Crippen LogP contribution in [0.15, 0.2) is 22.7 Å². The topological polar surface area (TPSA) is 55.6 Å². The second-order valence-corrected chi connectivity index (χ2v) is 6.28. The molecule has 0 aliphatic heterocycles. The molecule has 0 bridgehead atoms. The zero-order valence-corrected chi connectivity index (χ0v) is 13.2. The molecule has 1 aromatic carbocycles. The van der Waals surface area contributed by atoms with Crippen molar-refractivity contribution < 1.29 is 0 Å². The highest BCUT2D eigenvalue weighted by atomic mass is 127. The summed E-state index contributed by atoms with van der Waals surface area (Å²) >= 11 is 5.80. The normalized spacial score (nSPS) is 15.0. The van der Waals surface area contributed by atoms with E-state index >= 15 is 0 Å². The highest BCUT2D eigenvalue weighted by Crippen LogP contribution is 2.23. The van der Waals surface area contributed by atoms with Gasteiger partial charge in [0.25, 0.3) is 0 Å². The minimum Gasteiger partial charge on any atom is -0.307 e. The minimum atomic E-state index is 0.651. The van der Waals surface area contributed by atoms with Crippen LogP contribution in [0, 0.1) is 3.57 Å². The molecule has 5 nitrogen and oxygen atoms in total. The van der Waals surface area contributed by atoms with Gasteiger partial charge in [-0.2, -0.15) is 4.68 Å². The van der Waals surface area contributed by atoms with Crippen LogP contribution in [-0.2, 0) is 6.54 Å². The van der Waals surface area contributed by atoms with Gasteiger partial charge in [-0.05, 0) is 80.0 Å². The molecule has 1 heterocycles. The number of rotatable bonds is 4. The summed E-state index contributed by atoms with van der Waals surface area (Å²) in [6.07, 6.45) is 2.52. The molecule has 94 valence electrons. The summed E-state index contributed by atoms with van der Waals surface area (Å²) in [5.74, 6) is 0.843. The fourth-order valence-electron chi connectivity index (χ4n) is 1.66. The van der Waals surface area contributed by atoms with Gasteiger partial charge in [0.15, 0.2) is 5.82 Å².